The standard InChI is InChI=1S/C13H17IO4/c1-3-8(14)11(15)17-9-6-4-7-10(9)18-12(16)13(7,2)5-6/h6-10H,3-5H2,1-2H3. The Hall–Kier alpha value is -0.330. The van der Waals surface area contributed by atoms with Gasteiger partial charge in [0, 0.05) is 11.8 Å². The summed E-state index contributed by atoms with van der Waals surface area (Å²) in [7, 11) is 0. The topological polar surface area (TPSA) is 52.6 Å². The number of fused-ring (bicyclic) bond motifs is 1. The highest BCUT2D eigenvalue weighted by Crippen LogP contribution is 2.62. The summed E-state index contributed by atoms with van der Waals surface area (Å²) in [5.74, 6) is 0.295. The molecule has 0 spiro atoms. The zero-order chi connectivity index (χ0) is 13.1. The van der Waals surface area contributed by atoms with E-state index in [9.17, 15) is 9.59 Å². The van der Waals surface area contributed by atoms with E-state index < -0.39 is 0 Å². The fraction of sp³-hybridized carbons (Fsp3) is 0.846. The van der Waals surface area contributed by atoms with E-state index in [-0.39, 0.29) is 39.4 Å². The summed E-state index contributed by atoms with van der Waals surface area (Å²) in [6, 6.07) is 0. The Morgan fingerprint density at radius 3 is 3.06 bits per heavy atom. The van der Waals surface area contributed by atoms with E-state index in [0.717, 1.165) is 19.3 Å². The molecule has 2 saturated carbocycles. The van der Waals surface area contributed by atoms with Crippen LogP contribution in [-0.2, 0) is 19.1 Å². The van der Waals surface area contributed by atoms with Crippen LogP contribution in [0, 0.1) is 17.3 Å². The molecule has 2 bridgehead atoms. The van der Waals surface area contributed by atoms with Gasteiger partial charge in [0.05, 0.1) is 5.41 Å². The van der Waals surface area contributed by atoms with Crippen molar-refractivity contribution in [2.45, 2.75) is 49.2 Å². The van der Waals surface area contributed by atoms with Crippen LogP contribution in [0.5, 0.6) is 0 Å². The monoisotopic (exact) mass is 364 g/mol. The highest BCUT2D eigenvalue weighted by molar-refractivity contribution is 14.1. The number of rotatable bonds is 3. The fourth-order valence-corrected chi connectivity index (χ4v) is 3.94. The van der Waals surface area contributed by atoms with Crippen molar-refractivity contribution in [3.8, 4) is 0 Å². The number of carbonyl (C=O) groups is 2. The Labute approximate surface area is 120 Å². The number of carbonyl (C=O) groups excluding carboxylic acids is 2. The molecule has 0 aromatic rings. The van der Waals surface area contributed by atoms with Crippen LogP contribution >= 0.6 is 22.6 Å². The second-order valence-corrected chi connectivity index (χ2v) is 7.37. The maximum atomic E-state index is 11.9. The van der Waals surface area contributed by atoms with Gasteiger partial charge in [-0.1, -0.05) is 29.5 Å². The third-order valence-electron chi connectivity index (χ3n) is 4.82. The molecular formula is C13H17IO4. The number of ether oxygens (including phenoxy) is 2. The summed E-state index contributed by atoms with van der Waals surface area (Å²) in [6.07, 6.45) is 2.14. The summed E-state index contributed by atoms with van der Waals surface area (Å²) >= 11 is 2.10. The molecule has 3 rings (SSSR count). The second-order valence-electron chi connectivity index (χ2n) is 5.87. The lowest BCUT2D eigenvalue weighted by molar-refractivity contribution is -0.161. The van der Waals surface area contributed by atoms with E-state index in [0.29, 0.717) is 5.92 Å². The van der Waals surface area contributed by atoms with Crippen molar-refractivity contribution in [2.75, 3.05) is 0 Å². The summed E-state index contributed by atoms with van der Waals surface area (Å²) in [5, 5.41) is 0. The van der Waals surface area contributed by atoms with E-state index in [1.807, 2.05) is 13.8 Å². The van der Waals surface area contributed by atoms with Crippen molar-refractivity contribution < 1.29 is 19.1 Å². The lowest BCUT2D eigenvalue weighted by Crippen LogP contribution is -2.40. The Balaban J connectivity index is 1.75. The number of esters is 2. The average Bonchev–Trinajstić information content (AvgIpc) is 2.89. The molecule has 6 unspecified atom stereocenters. The van der Waals surface area contributed by atoms with Crippen molar-refractivity contribution in [3.05, 3.63) is 0 Å². The van der Waals surface area contributed by atoms with Crippen LogP contribution in [0.15, 0.2) is 0 Å². The molecule has 0 aromatic carbocycles. The number of hydrogen-bond donors (Lipinski definition) is 0. The van der Waals surface area contributed by atoms with Crippen molar-refractivity contribution in [2.24, 2.45) is 17.3 Å². The summed E-state index contributed by atoms with van der Waals surface area (Å²) in [5.41, 5.74) is -0.313. The normalized spacial score (nSPS) is 46.1. The first-order valence-electron chi connectivity index (χ1n) is 6.53. The third kappa shape index (κ3) is 1.55. The smallest absolute Gasteiger partial charge is 0.319 e. The molecule has 5 heteroatoms. The van der Waals surface area contributed by atoms with Crippen LogP contribution in [0.2, 0.25) is 0 Å². The molecule has 2 aliphatic carbocycles. The highest BCUT2D eigenvalue weighted by atomic mass is 127. The largest absolute Gasteiger partial charge is 0.458 e. The molecule has 0 aromatic heterocycles. The van der Waals surface area contributed by atoms with Crippen molar-refractivity contribution in [1.29, 1.82) is 0 Å². The van der Waals surface area contributed by atoms with Crippen LogP contribution in [0.4, 0.5) is 0 Å². The molecule has 1 saturated heterocycles. The van der Waals surface area contributed by atoms with Gasteiger partial charge in [0.2, 0.25) is 0 Å². The average molecular weight is 364 g/mol. The molecule has 0 radical (unpaired) electrons. The quantitative estimate of drug-likeness (QED) is 0.437. The van der Waals surface area contributed by atoms with E-state index in [2.05, 4.69) is 22.6 Å². The molecule has 18 heavy (non-hydrogen) atoms. The van der Waals surface area contributed by atoms with Crippen molar-refractivity contribution in [3.63, 3.8) is 0 Å². The SMILES string of the molecule is CCC(I)C(=O)OC1C2CC3C1OC(=O)C3(C)C2. The van der Waals surface area contributed by atoms with Crippen LogP contribution in [0.25, 0.3) is 0 Å². The Morgan fingerprint density at radius 1 is 1.67 bits per heavy atom. The molecule has 4 nitrogen and oxygen atoms in total. The van der Waals surface area contributed by atoms with E-state index in [4.69, 9.17) is 9.47 Å². The maximum Gasteiger partial charge on any atom is 0.319 e. The molecule has 6 atom stereocenters. The van der Waals surface area contributed by atoms with Gasteiger partial charge in [-0.3, -0.25) is 9.59 Å². The van der Waals surface area contributed by atoms with Gasteiger partial charge < -0.3 is 9.47 Å². The maximum absolute atomic E-state index is 11.9. The van der Waals surface area contributed by atoms with Gasteiger partial charge >= 0.3 is 11.9 Å². The summed E-state index contributed by atoms with van der Waals surface area (Å²) < 4.78 is 10.9. The lowest BCUT2D eigenvalue weighted by Gasteiger charge is -2.29. The van der Waals surface area contributed by atoms with Crippen LogP contribution in [0.1, 0.15) is 33.1 Å². The molecule has 100 valence electrons. The van der Waals surface area contributed by atoms with E-state index in [1.165, 1.54) is 0 Å². The van der Waals surface area contributed by atoms with Crippen LogP contribution in [0.3, 0.4) is 0 Å². The minimum absolute atomic E-state index is 0.0972. The van der Waals surface area contributed by atoms with Gasteiger partial charge in [0.25, 0.3) is 0 Å². The van der Waals surface area contributed by atoms with Gasteiger partial charge in [-0.05, 0) is 26.2 Å². The molecule has 3 fully saturated rings. The predicted octanol–water partition coefficient (Wildman–Crippen LogP) is 2.08. The van der Waals surface area contributed by atoms with E-state index in [1.54, 1.807) is 0 Å². The summed E-state index contributed by atoms with van der Waals surface area (Å²) in [4.78, 5) is 23.7. The molecule has 1 aliphatic heterocycles. The number of hydrogen-bond acceptors (Lipinski definition) is 4. The first kappa shape index (κ1) is 12.7. The van der Waals surface area contributed by atoms with Gasteiger partial charge in [0.1, 0.15) is 16.1 Å². The van der Waals surface area contributed by atoms with Crippen molar-refractivity contribution in [1.82, 2.24) is 0 Å². The molecule has 0 amide bonds. The van der Waals surface area contributed by atoms with Crippen LogP contribution in [-0.4, -0.2) is 28.1 Å². The Morgan fingerprint density at radius 2 is 2.39 bits per heavy atom. The fourth-order valence-electron chi connectivity index (χ4n) is 3.79. The summed E-state index contributed by atoms with van der Waals surface area (Å²) in [6.45, 7) is 3.96. The first-order valence-corrected chi connectivity index (χ1v) is 7.77. The van der Waals surface area contributed by atoms with E-state index >= 15 is 0 Å². The predicted molar refractivity (Wildman–Crippen MR) is 72.2 cm³/mol. The zero-order valence-corrected chi connectivity index (χ0v) is 12.7. The third-order valence-corrected chi connectivity index (χ3v) is 6.21. The minimum atomic E-state index is -0.313. The van der Waals surface area contributed by atoms with Gasteiger partial charge in [0.15, 0.2) is 0 Å². The van der Waals surface area contributed by atoms with Crippen molar-refractivity contribution >= 4 is 34.5 Å². The molecule has 1 heterocycles. The van der Waals surface area contributed by atoms with Crippen LogP contribution < -0.4 is 0 Å². The van der Waals surface area contributed by atoms with Gasteiger partial charge in [-0.25, -0.2) is 0 Å². The van der Waals surface area contributed by atoms with Gasteiger partial charge in [-0.15, -0.1) is 0 Å². The number of alkyl halides is 1. The van der Waals surface area contributed by atoms with Gasteiger partial charge in [-0.2, -0.15) is 0 Å². The Kier molecular flexibility index (Phi) is 2.88. The molecule has 0 N–H and O–H groups in total. The molecule has 3 aliphatic rings. The second kappa shape index (κ2) is 4.08. The Bertz CT molecular complexity index is 410. The molecular weight excluding hydrogens is 347 g/mol. The first-order chi connectivity index (χ1) is 8.47. The number of halogens is 1. The minimum Gasteiger partial charge on any atom is -0.458 e. The lowest BCUT2D eigenvalue weighted by atomic mass is 9.75. The highest BCUT2D eigenvalue weighted by Gasteiger charge is 2.69. The zero-order valence-electron chi connectivity index (χ0n) is 10.5.